The molecule has 2 aromatic rings. The summed E-state index contributed by atoms with van der Waals surface area (Å²) in [6, 6.07) is 7.94. The number of benzene rings is 1. The van der Waals surface area contributed by atoms with Gasteiger partial charge in [0.2, 0.25) is 0 Å². The first-order valence-electron chi connectivity index (χ1n) is 6.84. The van der Waals surface area contributed by atoms with Crippen molar-refractivity contribution in [1.82, 2.24) is 9.55 Å². The van der Waals surface area contributed by atoms with Crippen LogP contribution >= 0.6 is 0 Å². The molecule has 0 aliphatic carbocycles. The first-order valence-corrected chi connectivity index (χ1v) is 6.84. The Morgan fingerprint density at radius 2 is 2.05 bits per heavy atom. The van der Waals surface area contributed by atoms with E-state index in [4.69, 9.17) is 4.74 Å². The van der Waals surface area contributed by atoms with Crippen LogP contribution in [0.3, 0.4) is 0 Å². The molecule has 2 rings (SSSR count). The van der Waals surface area contributed by atoms with E-state index in [0.29, 0.717) is 13.0 Å². The monoisotopic (exact) mass is 272 g/mol. The number of imidazole rings is 1. The van der Waals surface area contributed by atoms with Crippen molar-refractivity contribution in [2.45, 2.75) is 33.2 Å². The molecule has 20 heavy (non-hydrogen) atoms. The van der Waals surface area contributed by atoms with E-state index in [0.717, 1.165) is 30.1 Å². The molecule has 0 radical (unpaired) electrons. The third kappa shape index (κ3) is 4.23. The largest absolute Gasteiger partial charge is 0.492 e. The molecule has 0 aliphatic rings. The average molecular weight is 272 g/mol. The van der Waals surface area contributed by atoms with E-state index >= 15 is 0 Å². The molecule has 0 spiro atoms. The van der Waals surface area contributed by atoms with Gasteiger partial charge in [-0.05, 0) is 38.0 Å². The molecule has 1 heterocycles. The fraction of sp³-hybridized carbons (Fsp3) is 0.375. The van der Waals surface area contributed by atoms with Crippen molar-refractivity contribution >= 4 is 5.78 Å². The van der Waals surface area contributed by atoms with Crippen LogP contribution in [0.15, 0.2) is 36.7 Å². The zero-order valence-electron chi connectivity index (χ0n) is 12.0. The van der Waals surface area contributed by atoms with Crippen molar-refractivity contribution in [1.29, 1.82) is 0 Å². The van der Waals surface area contributed by atoms with Crippen LogP contribution in [0, 0.1) is 6.92 Å². The average Bonchev–Trinajstić information content (AvgIpc) is 2.83. The highest BCUT2D eigenvalue weighted by atomic mass is 16.5. The van der Waals surface area contributed by atoms with Crippen molar-refractivity contribution in [2.75, 3.05) is 6.61 Å². The minimum atomic E-state index is 0.223. The summed E-state index contributed by atoms with van der Waals surface area (Å²) >= 11 is 0. The number of aryl methyl sites for hydroxylation is 2. The van der Waals surface area contributed by atoms with Crippen molar-refractivity contribution in [3.63, 3.8) is 0 Å². The molecular weight excluding hydrogens is 252 g/mol. The Balaban J connectivity index is 1.79. The van der Waals surface area contributed by atoms with E-state index in [1.807, 2.05) is 37.4 Å². The molecule has 0 N–H and O–H groups in total. The quantitative estimate of drug-likeness (QED) is 0.778. The highest BCUT2D eigenvalue weighted by molar-refractivity contribution is 5.75. The summed E-state index contributed by atoms with van der Waals surface area (Å²) < 4.78 is 7.76. The molecule has 1 aromatic heterocycles. The number of rotatable bonds is 7. The molecule has 0 saturated heterocycles. The maximum atomic E-state index is 10.9. The summed E-state index contributed by atoms with van der Waals surface area (Å²) in [5, 5.41) is 0. The van der Waals surface area contributed by atoms with Crippen LogP contribution in [0.25, 0.3) is 0 Å². The van der Waals surface area contributed by atoms with Crippen LogP contribution < -0.4 is 4.74 Å². The van der Waals surface area contributed by atoms with Gasteiger partial charge in [0.05, 0.1) is 6.54 Å². The lowest BCUT2D eigenvalue weighted by molar-refractivity contribution is -0.116. The number of ether oxygens (including phenoxy) is 1. The Hall–Kier alpha value is -2.10. The minimum absolute atomic E-state index is 0.223. The first kappa shape index (κ1) is 14.3. The SMILES string of the molecule is CC(=O)CCc1ccc(OCCn2ccnc2C)cc1. The van der Waals surface area contributed by atoms with Crippen LogP contribution in [0.4, 0.5) is 0 Å². The summed E-state index contributed by atoms with van der Waals surface area (Å²) in [7, 11) is 0. The number of hydrogen-bond donors (Lipinski definition) is 0. The maximum absolute atomic E-state index is 10.9. The van der Waals surface area contributed by atoms with Crippen LogP contribution in [0.5, 0.6) is 5.75 Å². The molecule has 0 saturated carbocycles. The van der Waals surface area contributed by atoms with Crippen molar-refractivity contribution in [2.24, 2.45) is 0 Å². The van der Waals surface area contributed by atoms with Gasteiger partial charge in [0.1, 0.15) is 24.0 Å². The van der Waals surface area contributed by atoms with E-state index in [1.165, 1.54) is 0 Å². The molecule has 4 heteroatoms. The predicted molar refractivity (Wildman–Crippen MR) is 77.9 cm³/mol. The van der Waals surface area contributed by atoms with Crippen LogP contribution in [0.2, 0.25) is 0 Å². The van der Waals surface area contributed by atoms with E-state index < -0.39 is 0 Å². The summed E-state index contributed by atoms with van der Waals surface area (Å²) in [4.78, 5) is 15.1. The Morgan fingerprint density at radius 3 is 2.65 bits per heavy atom. The van der Waals surface area contributed by atoms with Crippen LogP contribution in [-0.2, 0) is 17.8 Å². The normalized spacial score (nSPS) is 10.5. The molecular formula is C16H20N2O2. The molecule has 0 unspecified atom stereocenters. The van der Waals surface area contributed by atoms with Gasteiger partial charge >= 0.3 is 0 Å². The molecule has 4 nitrogen and oxygen atoms in total. The number of ketones is 1. The second-order valence-corrected chi connectivity index (χ2v) is 4.86. The zero-order chi connectivity index (χ0) is 14.4. The van der Waals surface area contributed by atoms with E-state index in [-0.39, 0.29) is 5.78 Å². The Morgan fingerprint density at radius 1 is 1.30 bits per heavy atom. The van der Waals surface area contributed by atoms with E-state index in [9.17, 15) is 4.79 Å². The third-order valence-corrected chi connectivity index (χ3v) is 3.21. The van der Waals surface area contributed by atoms with E-state index in [2.05, 4.69) is 9.55 Å². The van der Waals surface area contributed by atoms with Gasteiger partial charge in [0.25, 0.3) is 0 Å². The highest BCUT2D eigenvalue weighted by Gasteiger charge is 2.00. The Kier molecular flexibility index (Phi) is 4.93. The van der Waals surface area contributed by atoms with Crippen molar-refractivity contribution in [3.05, 3.63) is 48.0 Å². The minimum Gasteiger partial charge on any atom is -0.492 e. The molecule has 106 valence electrons. The molecule has 0 aliphatic heterocycles. The van der Waals surface area contributed by atoms with Gasteiger partial charge in [-0.2, -0.15) is 0 Å². The topological polar surface area (TPSA) is 44.1 Å². The first-order chi connectivity index (χ1) is 9.65. The van der Waals surface area contributed by atoms with Crippen LogP contribution in [0.1, 0.15) is 24.7 Å². The van der Waals surface area contributed by atoms with Crippen molar-refractivity contribution in [3.8, 4) is 5.75 Å². The Bertz CT molecular complexity index is 558. The van der Waals surface area contributed by atoms with Gasteiger partial charge in [-0.25, -0.2) is 4.98 Å². The van der Waals surface area contributed by atoms with Gasteiger partial charge in [0.15, 0.2) is 0 Å². The lowest BCUT2D eigenvalue weighted by Gasteiger charge is -2.08. The van der Waals surface area contributed by atoms with Crippen molar-refractivity contribution < 1.29 is 9.53 Å². The zero-order valence-corrected chi connectivity index (χ0v) is 12.0. The van der Waals surface area contributed by atoms with Gasteiger partial charge < -0.3 is 14.1 Å². The van der Waals surface area contributed by atoms with Gasteiger partial charge in [0, 0.05) is 18.8 Å². The number of Topliss-reactive ketones (excluding diaryl/α,β-unsaturated/α-hetero) is 1. The summed E-state index contributed by atoms with van der Waals surface area (Å²) in [5.41, 5.74) is 1.16. The van der Waals surface area contributed by atoms with Gasteiger partial charge in [-0.15, -0.1) is 0 Å². The lowest BCUT2D eigenvalue weighted by atomic mass is 10.1. The molecule has 0 fully saturated rings. The summed E-state index contributed by atoms with van der Waals surface area (Å²) in [6.45, 7) is 5.00. The lowest BCUT2D eigenvalue weighted by Crippen LogP contribution is -2.08. The Labute approximate surface area is 119 Å². The fourth-order valence-corrected chi connectivity index (χ4v) is 1.97. The molecule has 0 bridgehead atoms. The fourth-order valence-electron chi connectivity index (χ4n) is 1.97. The molecule has 0 amide bonds. The number of carbonyl (C=O) groups is 1. The second kappa shape index (κ2) is 6.89. The van der Waals surface area contributed by atoms with E-state index in [1.54, 1.807) is 13.1 Å². The predicted octanol–water partition coefficient (Wildman–Crippen LogP) is 2.79. The number of aromatic nitrogens is 2. The second-order valence-electron chi connectivity index (χ2n) is 4.86. The number of hydrogen-bond acceptors (Lipinski definition) is 3. The number of nitrogens with zero attached hydrogens (tertiary/aromatic N) is 2. The van der Waals surface area contributed by atoms with Gasteiger partial charge in [-0.1, -0.05) is 12.1 Å². The maximum Gasteiger partial charge on any atom is 0.130 e. The van der Waals surface area contributed by atoms with Gasteiger partial charge in [-0.3, -0.25) is 0 Å². The summed E-state index contributed by atoms with van der Waals surface area (Å²) in [5.74, 6) is 2.07. The highest BCUT2D eigenvalue weighted by Crippen LogP contribution is 2.13. The molecule has 1 aromatic carbocycles. The van der Waals surface area contributed by atoms with Crippen LogP contribution in [-0.4, -0.2) is 21.9 Å². The summed E-state index contributed by atoms with van der Waals surface area (Å²) in [6.07, 6.45) is 5.13. The molecule has 0 atom stereocenters. The number of carbonyl (C=O) groups excluding carboxylic acids is 1. The standard InChI is InChI=1S/C16H20N2O2/c1-13(19)3-4-15-5-7-16(8-6-15)20-12-11-18-10-9-17-14(18)2/h5-10H,3-4,11-12H2,1-2H3. The smallest absolute Gasteiger partial charge is 0.130 e. The third-order valence-electron chi connectivity index (χ3n) is 3.21.